The van der Waals surface area contributed by atoms with Crippen LogP contribution in [0.25, 0.3) is 0 Å². The molecule has 0 heterocycles. The van der Waals surface area contributed by atoms with E-state index in [0.29, 0.717) is 11.3 Å². The Morgan fingerprint density at radius 2 is 1.75 bits per heavy atom. The summed E-state index contributed by atoms with van der Waals surface area (Å²) in [5.41, 5.74) is 0.531. The molecule has 1 nitrogen and oxygen atoms in total. The van der Waals surface area contributed by atoms with Gasteiger partial charge in [0.15, 0.2) is 0 Å². The summed E-state index contributed by atoms with van der Waals surface area (Å²) in [7, 11) is 0. The maximum atomic E-state index is 9.98. The van der Waals surface area contributed by atoms with Crippen molar-refractivity contribution in [2.75, 3.05) is 0 Å². The Morgan fingerprint density at radius 3 is 2.00 bits per heavy atom. The Kier molecular flexibility index (Phi) is 1.47. The standard InChI is InChI=1S/C11H20O/c1-7-5-8-6-9(12)11(7,4)10(8,2)3/h7-9,12H,5-6H2,1-4H3. The van der Waals surface area contributed by atoms with Gasteiger partial charge in [-0.1, -0.05) is 27.7 Å². The highest BCUT2D eigenvalue weighted by Crippen LogP contribution is 2.67. The summed E-state index contributed by atoms with van der Waals surface area (Å²) < 4.78 is 0. The molecule has 0 aliphatic heterocycles. The van der Waals surface area contributed by atoms with E-state index < -0.39 is 0 Å². The van der Waals surface area contributed by atoms with Crippen molar-refractivity contribution in [3.05, 3.63) is 0 Å². The topological polar surface area (TPSA) is 20.2 Å². The maximum Gasteiger partial charge on any atom is 0.0604 e. The quantitative estimate of drug-likeness (QED) is 0.589. The minimum absolute atomic E-state index is 0.0544. The fourth-order valence-electron chi connectivity index (χ4n) is 3.70. The maximum absolute atomic E-state index is 9.98. The van der Waals surface area contributed by atoms with Crippen molar-refractivity contribution in [3.63, 3.8) is 0 Å². The Balaban J connectivity index is 2.44. The molecule has 0 saturated heterocycles. The fourth-order valence-corrected chi connectivity index (χ4v) is 3.70. The summed E-state index contributed by atoms with van der Waals surface area (Å²) in [4.78, 5) is 0. The molecule has 1 heteroatoms. The molecule has 12 heavy (non-hydrogen) atoms. The lowest BCUT2D eigenvalue weighted by atomic mass is 9.66. The van der Waals surface area contributed by atoms with Crippen LogP contribution in [0.3, 0.4) is 0 Å². The Labute approximate surface area is 75.2 Å². The van der Waals surface area contributed by atoms with Crippen LogP contribution in [0.4, 0.5) is 0 Å². The van der Waals surface area contributed by atoms with Gasteiger partial charge in [0.05, 0.1) is 6.10 Å². The van der Waals surface area contributed by atoms with Crippen molar-refractivity contribution in [1.82, 2.24) is 0 Å². The number of aliphatic hydroxyl groups is 1. The molecule has 1 N–H and O–H groups in total. The number of rotatable bonds is 0. The van der Waals surface area contributed by atoms with Gasteiger partial charge in [-0.3, -0.25) is 0 Å². The Morgan fingerprint density at radius 1 is 1.17 bits per heavy atom. The average Bonchev–Trinajstić information content (AvgIpc) is 2.20. The monoisotopic (exact) mass is 168 g/mol. The van der Waals surface area contributed by atoms with E-state index >= 15 is 0 Å². The first-order valence-electron chi connectivity index (χ1n) is 5.08. The minimum Gasteiger partial charge on any atom is -0.393 e. The van der Waals surface area contributed by atoms with E-state index in [9.17, 15) is 5.11 Å². The molecule has 4 atom stereocenters. The van der Waals surface area contributed by atoms with Crippen LogP contribution in [0.5, 0.6) is 0 Å². The van der Waals surface area contributed by atoms with Crippen molar-refractivity contribution in [2.24, 2.45) is 22.7 Å². The molecule has 0 amide bonds. The van der Waals surface area contributed by atoms with Gasteiger partial charge in [0, 0.05) is 5.41 Å². The van der Waals surface area contributed by atoms with Crippen molar-refractivity contribution in [3.8, 4) is 0 Å². The van der Waals surface area contributed by atoms with E-state index in [1.807, 2.05) is 0 Å². The van der Waals surface area contributed by atoms with E-state index in [-0.39, 0.29) is 11.5 Å². The molecule has 2 fully saturated rings. The zero-order valence-corrected chi connectivity index (χ0v) is 8.59. The molecule has 0 aromatic rings. The van der Waals surface area contributed by atoms with Gasteiger partial charge in [-0.2, -0.15) is 0 Å². The molecule has 2 aliphatic rings. The van der Waals surface area contributed by atoms with Gasteiger partial charge in [0.1, 0.15) is 0 Å². The van der Waals surface area contributed by atoms with E-state index in [2.05, 4.69) is 27.7 Å². The van der Waals surface area contributed by atoms with Crippen molar-refractivity contribution in [2.45, 2.75) is 46.6 Å². The van der Waals surface area contributed by atoms with Crippen LogP contribution in [0, 0.1) is 22.7 Å². The number of hydrogen-bond acceptors (Lipinski definition) is 1. The van der Waals surface area contributed by atoms with Crippen molar-refractivity contribution >= 4 is 0 Å². The lowest BCUT2D eigenvalue weighted by Crippen LogP contribution is -2.40. The average molecular weight is 168 g/mol. The first-order valence-corrected chi connectivity index (χ1v) is 5.08. The van der Waals surface area contributed by atoms with Crippen LogP contribution in [-0.2, 0) is 0 Å². The van der Waals surface area contributed by atoms with E-state index in [0.717, 1.165) is 12.3 Å². The second kappa shape index (κ2) is 2.06. The summed E-state index contributed by atoms with van der Waals surface area (Å²) in [5.74, 6) is 1.45. The van der Waals surface area contributed by atoms with Crippen LogP contribution < -0.4 is 0 Å². The lowest BCUT2D eigenvalue weighted by Gasteiger charge is -2.40. The van der Waals surface area contributed by atoms with E-state index in [1.165, 1.54) is 6.42 Å². The third-order valence-electron chi connectivity index (χ3n) is 5.27. The molecule has 70 valence electrons. The normalized spacial score (nSPS) is 56.2. The van der Waals surface area contributed by atoms with Gasteiger partial charge in [-0.15, -0.1) is 0 Å². The van der Waals surface area contributed by atoms with Gasteiger partial charge in [-0.25, -0.2) is 0 Å². The molecule has 2 bridgehead atoms. The van der Waals surface area contributed by atoms with Gasteiger partial charge in [-0.05, 0) is 30.1 Å². The van der Waals surface area contributed by atoms with Gasteiger partial charge in [0.2, 0.25) is 0 Å². The zero-order chi connectivity index (χ0) is 9.15. The molecule has 4 unspecified atom stereocenters. The molecular formula is C11H20O. The van der Waals surface area contributed by atoms with Crippen LogP contribution in [-0.4, -0.2) is 11.2 Å². The first kappa shape index (κ1) is 8.55. The van der Waals surface area contributed by atoms with Crippen molar-refractivity contribution < 1.29 is 5.11 Å². The number of aliphatic hydroxyl groups excluding tert-OH is 1. The predicted octanol–water partition coefficient (Wildman–Crippen LogP) is 2.44. The summed E-state index contributed by atoms with van der Waals surface area (Å²) >= 11 is 0. The van der Waals surface area contributed by atoms with Crippen molar-refractivity contribution in [1.29, 1.82) is 0 Å². The summed E-state index contributed by atoms with van der Waals surface area (Å²) in [6, 6.07) is 0. The third kappa shape index (κ3) is 0.654. The highest BCUT2D eigenvalue weighted by molar-refractivity contribution is 5.13. The van der Waals surface area contributed by atoms with Gasteiger partial charge in [0.25, 0.3) is 0 Å². The van der Waals surface area contributed by atoms with Crippen LogP contribution in [0.15, 0.2) is 0 Å². The van der Waals surface area contributed by atoms with Gasteiger partial charge >= 0.3 is 0 Å². The number of hydrogen-bond donors (Lipinski definition) is 1. The SMILES string of the molecule is CC1CC2CC(O)C1(C)C2(C)C. The second-order valence-electron chi connectivity index (χ2n) is 5.59. The second-order valence-corrected chi connectivity index (χ2v) is 5.59. The largest absolute Gasteiger partial charge is 0.393 e. The third-order valence-corrected chi connectivity index (χ3v) is 5.27. The van der Waals surface area contributed by atoms with E-state index in [4.69, 9.17) is 0 Å². The molecule has 0 radical (unpaired) electrons. The summed E-state index contributed by atoms with van der Waals surface area (Å²) in [5, 5.41) is 9.98. The van der Waals surface area contributed by atoms with Crippen LogP contribution in [0.2, 0.25) is 0 Å². The molecule has 0 aromatic heterocycles. The first-order chi connectivity index (χ1) is 5.40. The molecular weight excluding hydrogens is 148 g/mol. The molecule has 2 saturated carbocycles. The molecule has 0 aromatic carbocycles. The molecule has 2 aliphatic carbocycles. The fraction of sp³-hybridized carbons (Fsp3) is 1.00. The van der Waals surface area contributed by atoms with Crippen LogP contribution >= 0.6 is 0 Å². The highest BCUT2D eigenvalue weighted by Gasteiger charge is 2.64. The van der Waals surface area contributed by atoms with E-state index in [1.54, 1.807) is 0 Å². The zero-order valence-electron chi connectivity index (χ0n) is 8.59. The van der Waals surface area contributed by atoms with Gasteiger partial charge < -0.3 is 5.11 Å². The molecule has 2 rings (SSSR count). The lowest BCUT2D eigenvalue weighted by molar-refractivity contribution is -0.0197. The number of fused-ring (bicyclic) bond motifs is 2. The minimum atomic E-state index is -0.0544. The summed E-state index contributed by atoms with van der Waals surface area (Å²) in [6.07, 6.45) is 2.30. The Hall–Kier alpha value is -0.0400. The summed E-state index contributed by atoms with van der Waals surface area (Å²) in [6.45, 7) is 9.23. The smallest absolute Gasteiger partial charge is 0.0604 e. The Bertz CT molecular complexity index is 195. The van der Waals surface area contributed by atoms with Crippen LogP contribution in [0.1, 0.15) is 40.5 Å². The predicted molar refractivity (Wildman–Crippen MR) is 49.8 cm³/mol. The molecule has 0 spiro atoms. The highest BCUT2D eigenvalue weighted by atomic mass is 16.3.